The van der Waals surface area contributed by atoms with Crippen molar-refractivity contribution in [2.24, 2.45) is 7.05 Å². The van der Waals surface area contributed by atoms with Crippen molar-refractivity contribution in [1.82, 2.24) is 30.4 Å². The van der Waals surface area contributed by atoms with Crippen LogP contribution in [0, 0.1) is 0 Å². The molecule has 14 heteroatoms. The Morgan fingerprint density at radius 1 is 1.56 bits per heavy atom. The first-order valence-electron chi connectivity index (χ1n) is 7.53. The van der Waals surface area contributed by atoms with Crippen LogP contribution in [-0.2, 0) is 26.2 Å². The highest BCUT2D eigenvalue weighted by molar-refractivity contribution is 9.09. The Kier molecular flexibility index (Phi) is 5.79. The van der Waals surface area contributed by atoms with Gasteiger partial charge in [0, 0.05) is 25.7 Å². The molecular weight excluding hydrogens is 464 g/mol. The number of carboxylic acid groups (broad SMARTS) is 1. The summed E-state index contributed by atoms with van der Waals surface area (Å²) in [6.07, 6.45) is 0. The molecule has 3 rings (SSSR count). The Balaban J connectivity index is 1.86. The van der Waals surface area contributed by atoms with E-state index in [1.807, 2.05) is 0 Å². The lowest BCUT2D eigenvalue weighted by atomic mass is 9.98. The number of alkyl halides is 1. The molecule has 0 aliphatic carbocycles. The van der Waals surface area contributed by atoms with Crippen molar-refractivity contribution in [2.45, 2.75) is 16.3 Å². The van der Waals surface area contributed by atoms with E-state index in [2.05, 4.69) is 36.8 Å². The fraction of sp³-hybridized carbons (Fsp3) is 0.538. The molecule has 2 N–H and O–H groups in total. The monoisotopic (exact) mass is 478 g/mol. The number of nitrogens with zero attached hydrogens (tertiary/aromatic N) is 5. The summed E-state index contributed by atoms with van der Waals surface area (Å²) in [6, 6.07) is 0. The summed E-state index contributed by atoms with van der Waals surface area (Å²) in [4.78, 5) is 37.6. The quantitative estimate of drug-likeness (QED) is 0.226. The lowest BCUT2D eigenvalue weighted by molar-refractivity contribution is -0.192. The highest BCUT2D eigenvalue weighted by Gasteiger charge is 2.66. The van der Waals surface area contributed by atoms with E-state index in [0.29, 0.717) is 22.2 Å². The molecule has 3 heterocycles. The van der Waals surface area contributed by atoms with Gasteiger partial charge in [-0.05, 0) is 16.0 Å². The van der Waals surface area contributed by atoms with Crippen LogP contribution in [0.1, 0.15) is 0 Å². The molecule has 1 aromatic heterocycles. The number of carbonyl (C=O) groups excluding carboxylic acids is 2. The summed E-state index contributed by atoms with van der Waals surface area (Å²) in [5.41, 5.74) is -1.09. The summed E-state index contributed by atoms with van der Waals surface area (Å²) in [7, 11) is 2.99. The maximum Gasteiger partial charge on any atom is 0.352 e. The number of thioether (sulfide) groups is 2. The number of aliphatic carboxylic acids is 1. The van der Waals surface area contributed by atoms with E-state index in [1.165, 1.54) is 40.2 Å². The number of rotatable bonds is 7. The molecule has 2 atom stereocenters. The van der Waals surface area contributed by atoms with Gasteiger partial charge in [0.05, 0.1) is 5.33 Å². The van der Waals surface area contributed by atoms with Gasteiger partial charge in [-0.2, -0.15) is 0 Å². The Labute approximate surface area is 170 Å². The average Bonchev–Trinajstić information content (AvgIpc) is 3.07. The molecule has 0 bridgehead atoms. The van der Waals surface area contributed by atoms with Gasteiger partial charge in [-0.15, -0.1) is 16.9 Å². The van der Waals surface area contributed by atoms with Gasteiger partial charge in [0.2, 0.25) is 11.1 Å². The third-order valence-corrected chi connectivity index (χ3v) is 7.02. The summed E-state index contributed by atoms with van der Waals surface area (Å²) in [5.74, 6) is -1.58. The van der Waals surface area contributed by atoms with Crippen molar-refractivity contribution in [2.75, 3.05) is 23.9 Å². The van der Waals surface area contributed by atoms with Crippen LogP contribution < -0.4 is 5.32 Å². The predicted octanol–water partition coefficient (Wildman–Crippen LogP) is -0.590. The first-order valence-corrected chi connectivity index (χ1v) is 10.7. The van der Waals surface area contributed by atoms with E-state index < -0.39 is 28.9 Å². The summed E-state index contributed by atoms with van der Waals surface area (Å²) in [5, 5.41) is 23.2. The fourth-order valence-electron chi connectivity index (χ4n) is 2.79. The highest BCUT2D eigenvalue weighted by atomic mass is 79.9. The Morgan fingerprint density at radius 2 is 2.30 bits per heavy atom. The number of amides is 2. The van der Waals surface area contributed by atoms with Gasteiger partial charge >= 0.3 is 5.97 Å². The van der Waals surface area contributed by atoms with Crippen molar-refractivity contribution in [3.63, 3.8) is 0 Å². The van der Waals surface area contributed by atoms with Crippen LogP contribution in [0.2, 0.25) is 0 Å². The van der Waals surface area contributed by atoms with E-state index >= 15 is 0 Å². The SMILES string of the molecule is CO[C@@]1(NC(=O)CBr)C(=O)N2C(C(=O)O)=C(CSc3nnnn3C)CS[C@@H]21. The number of carboxylic acids is 1. The van der Waals surface area contributed by atoms with Crippen molar-refractivity contribution in [1.29, 1.82) is 0 Å². The third-order valence-electron chi connectivity index (χ3n) is 4.04. The Bertz CT molecular complexity index is 832. The second-order valence-corrected chi connectivity index (χ2v) is 8.16. The molecule has 0 spiro atoms. The van der Waals surface area contributed by atoms with E-state index in [0.717, 1.165) is 0 Å². The molecular formula is C13H15BrN6O5S2. The number of carbonyl (C=O) groups is 3. The molecule has 0 unspecified atom stereocenters. The second-order valence-electron chi connectivity index (χ2n) is 5.59. The number of ether oxygens (including phenoxy) is 1. The summed E-state index contributed by atoms with van der Waals surface area (Å²) in [6.45, 7) is 0. The molecule has 0 aromatic carbocycles. The topological polar surface area (TPSA) is 140 Å². The number of β-lactam (4-membered cyclic amide) rings is 1. The van der Waals surface area contributed by atoms with Crippen LogP contribution >= 0.6 is 39.5 Å². The molecule has 11 nitrogen and oxygen atoms in total. The molecule has 2 amide bonds. The van der Waals surface area contributed by atoms with Crippen LogP contribution in [0.3, 0.4) is 0 Å². The van der Waals surface area contributed by atoms with Gasteiger partial charge in [-0.3, -0.25) is 14.5 Å². The van der Waals surface area contributed by atoms with Gasteiger partial charge in [-0.25, -0.2) is 9.48 Å². The van der Waals surface area contributed by atoms with Crippen molar-refractivity contribution >= 4 is 57.2 Å². The van der Waals surface area contributed by atoms with Crippen molar-refractivity contribution in [3.05, 3.63) is 11.3 Å². The van der Waals surface area contributed by atoms with Crippen LogP contribution in [0.4, 0.5) is 0 Å². The van der Waals surface area contributed by atoms with Gasteiger partial charge in [0.1, 0.15) is 11.1 Å². The smallest absolute Gasteiger partial charge is 0.352 e. The van der Waals surface area contributed by atoms with Crippen LogP contribution in [0.5, 0.6) is 0 Å². The minimum absolute atomic E-state index is 0.00195. The third kappa shape index (κ3) is 3.34. The predicted molar refractivity (Wildman–Crippen MR) is 99.0 cm³/mol. The number of nitrogens with one attached hydrogen (secondary N) is 1. The number of fused-ring (bicyclic) bond motifs is 1. The zero-order chi connectivity index (χ0) is 19.8. The van der Waals surface area contributed by atoms with Crippen LogP contribution in [0.25, 0.3) is 0 Å². The van der Waals surface area contributed by atoms with E-state index in [-0.39, 0.29) is 11.0 Å². The molecule has 0 radical (unpaired) electrons. The van der Waals surface area contributed by atoms with Crippen LogP contribution in [-0.4, -0.2) is 83.0 Å². The first kappa shape index (κ1) is 20.1. The Morgan fingerprint density at radius 3 is 2.85 bits per heavy atom. The normalized spacial score (nSPS) is 24.5. The first-order chi connectivity index (χ1) is 12.9. The Hall–Kier alpha value is -1.64. The van der Waals surface area contributed by atoms with Gasteiger partial charge in [0.15, 0.2) is 0 Å². The van der Waals surface area contributed by atoms with Gasteiger partial charge in [-0.1, -0.05) is 27.7 Å². The van der Waals surface area contributed by atoms with E-state index in [4.69, 9.17) is 4.74 Å². The number of halogens is 1. The fourth-order valence-corrected chi connectivity index (χ4v) is 5.36. The molecule has 1 saturated heterocycles. The molecule has 2 aliphatic rings. The lowest BCUT2D eigenvalue weighted by Gasteiger charge is -2.55. The number of hydrogen-bond acceptors (Lipinski definition) is 9. The standard InChI is InChI=1S/C13H15BrN6O5S2/c1-19-12(16-17-18-19)27-5-6-4-26-11-13(25-2,15-7(21)3-14)10(24)20(11)8(6)9(22)23/h11H,3-5H2,1-2H3,(H,15,21)(H,22,23)/t11-,13+/m1/s1. The van der Waals surface area contributed by atoms with Gasteiger partial charge in [0.25, 0.3) is 11.6 Å². The molecule has 1 aromatic rings. The number of hydrogen-bond donors (Lipinski definition) is 2. The number of tetrazole rings is 1. The maximum atomic E-state index is 12.8. The summed E-state index contributed by atoms with van der Waals surface area (Å²) < 4.78 is 6.79. The molecule has 0 saturated carbocycles. The number of aromatic nitrogens is 4. The summed E-state index contributed by atoms with van der Waals surface area (Å²) >= 11 is 5.63. The minimum atomic E-state index is -1.57. The van der Waals surface area contributed by atoms with Crippen molar-refractivity contribution < 1.29 is 24.2 Å². The zero-order valence-corrected chi connectivity index (χ0v) is 17.4. The molecule has 1 fully saturated rings. The second kappa shape index (κ2) is 7.77. The minimum Gasteiger partial charge on any atom is -0.477 e. The van der Waals surface area contributed by atoms with E-state index in [9.17, 15) is 19.5 Å². The average molecular weight is 479 g/mol. The van der Waals surface area contributed by atoms with Crippen molar-refractivity contribution in [3.8, 4) is 0 Å². The maximum absolute atomic E-state index is 12.8. The zero-order valence-electron chi connectivity index (χ0n) is 14.2. The molecule has 27 heavy (non-hydrogen) atoms. The van der Waals surface area contributed by atoms with E-state index in [1.54, 1.807) is 7.05 Å². The molecule has 146 valence electrons. The largest absolute Gasteiger partial charge is 0.477 e. The van der Waals surface area contributed by atoms with Crippen LogP contribution in [0.15, 0.2) is 16.4 Å². The lowest BCUT2D eigenvalue weighted by Crippen LogP contribution is -2.80. The number of aryl methyl sites for hydroxylation is 1. The molecule has 2 aliphatic heterocycles. The highest BCUT2D eigenvalue weighted by Crippen LogP contribution is 2.47. The number of methoxy groups -OCH3 is 1. The van der Waals surface area contributed by atoms with Gasteiger partial charge < -0.3 is 15.2 Å².